The number of nitrogens with one attached hydrogen (secondary N) is 3. The van der Waals surface area contributed by atoms with Crippen LogP contribution in [0.25, 0.3) is 11.0 Å². The van der Waals surface area contributed by atoms with Crippen LogP contribution in [0.3, 0.4) is 0 Å². The molecule has 140 valence electrons. The van der Waals surface area contributed by atoms with Crippen LogP contribution in [0.2, 0.25) is 0 Å². The van der Waals surface area contributed by atoms with Crippen molar-refractivity contribution in [1.29, 1.82) is 0 Å². The molecule has 0 bridgehead atoms. The lowest BCUT2D eigenvalue weighted by Gasteiger charge is -2.13. The number of benzene rings is 2. The van der Waals surface area contributed by atoms with Gasteiger partial charge in [0.25, 0.3) is 0 Å². The van der Waals surface area contributed by atoms with E-state index in [9.17, 15) is 9.59 Å². The highest BCUT2D eigenvalue weighted by Gasteiger charge is 2.17. The quantitative estimate of drug-likeness (QED) is 0.599. The van der Waals surface area contributed by atoms with Crippen molar-refractivity contribution in [3.8, 4) is 5.75 Å². The number of methoxy groups -OCH3 is 1. The molecule has 3 aromatic rings. The SMILES string of the molecule is COc1cccc(CCC(=O)NC(C)C(=O)Nc2nc3ccccc3[nH]2)c1. The number of nitrogens with zero attached hydrogens (tertiary/aromatic N) is 1. The minimum atomic E-state index is -0.670. The van der Waals surface area contributed by atoms with Crippen molar-refractivity contribution in [2.75, 3.05) is 12.4 Å². The summed E-state index contributed by atoms with van der Waals surface area (Å²) in [5.41, 5.74) is 2.61. The number of aryl methyl sites for hydroxylation is 1. The van der Waals surface area contributed by atoms with E-state index in [2.05, 4.69) is 20.6 Å². The third-order valence-electron chi connectivity index (χ3n) is 4.18. The Kier molecular flexibility index (Phi) is 5.71. The van der Waals surface area contributed by atoms with Crippen molar-refractivity contribution in [1.82, 2.24) is 15.3 Å². The van der Waals surface area contributed by atoms with E-state index >= 15 is 0 Å². The van der Waals surface area contributed by atoms with E-state index in [4.69, 9.17) is 4.74 Å². The maximum absolute atomic E-state index is 12.3. The first kappa shape index (κ1) is 18.4. The van der Waals surface area contributed by atoms with Gasteiger partial charge in [-0.15, -0.1) is 0 Å². The molecule has 7 nitrogen and oxygen atoms in total. The van der Waals surface area contributed by atoms with E-state index in [-0.39, 0.29) is 18.2 Å². The van der Waals surface area contributed by atoms with Gasteiger partial charge in [-0.1, -0.05) is 24.3 Å². The third kappa shape index (κ3) is 4.84. The van der Waals surface area contributed by atoms with Crippen molar-refractivity contribution < 1.29 is 14.3 Å². The van der Waals surface area contributed by atoms with E-state index in [0.717, 1.165) is 22.3 Å². The molecule has 7 heteroatoms. The minimum Gasteiger partial charge on any atom is -0.497 e. The number of H-pyrrole nitrogens is 1. The second-order valence-corrected chi connectivity index (χ2v) is 6.23. The highest BCUT2D eigenvalue weighted by molar-refractivity contribution is 5.96. The first-order valence-corrected chi connectivity index (χ1v) is 8.73. The standard InChI is InChI=1S/C20H22N4O3/c1-13(19(26)24-20-22-16-8-3-4-9-17(16)23-20)21-18(25)11-10-14-6-5-7-15(12-14)27-2/h3-9,12-13H,10-11H2,1-2H3,(H,21,25)(H2,22,23,24,26). The molecule has 0 radical (unpaired) electrons. The largest absolute Gasteiger partial charge is 0.497 e. The highest BCUT2D eigenvalue weighted by Crippen LogP contribution is 2.14. The Hall–Kier alpha value is -3.35. The normalized spacial score (nSPS) is 11.8. The van der Waals surface area contributed by atoms with Crippen molar-refractivity contribution in [3.05, 3.63) is 54.1 Å². The maximum Gasteiger partial charge on any atom is 0.248 e. The fraction of sp³-hybridized carbons (Fsp3) is 0.250. The average molecular weight is 366 g/mol. The summed E-state index contributed by atoms with van der Waals surface area (Å²) < 4.78 is 5.17. The number of aromatic nitrogens is 2. The zero-order valence-corrected chi connectivity index (χ0v) is 15.3. The lowest BCUT2D eigenvalue weighted by molar-refractivity contribution is -0.126. The van der Waals surface area contributed by atoms with Gasteiger partial charge in [-0.05, 0) is 43.2 Å². The van der Waals surface area contributed by atoms with Crippen LogP contribution in [-0.2, 0) is 16.0 Å². The first-order valence-electron chi connectivity index (χ1n) is 8.73. The van der Waals surface area contributed by atoms with Gasteiger partial charge in [0.15, 0.2) is 0 Å². The van der Waals surface area contributed by atoms with Gasteiger partial charge in [0.2, 0.25) is 17.8 Å². The summed E-state index contributed by atoms with van der Waals surface area (Å²) in [6.45, 7) is 1.64. The molecule has 2 amide bonds. The van der Waals surface area contributed by atoms with Crippen molar-refractivity contribution in [2.45, 2.75) is 25.8 Å². The summed E-state index contributed by atoms with van der Waals surface area (Å²) in [7, 11) is 1.61. The van der Waals surface area contributed by atoms with Crippen molar-refractivity contribution in [2.24, 2.45) is 0 Å². The molecule has 1 unspecified atom stereocenters. The Morgan fingerprint density at radius 3 is 2.78 bits per heavy atom. The van der Waals surface area contributed by atoms with E-state index in [1.165, 1.54) is 0 Å². The number of fused-ring (bicyclic) bond motifs is 1. The Morgan fingerprint density at radius 2 is 2.00 bits per heavy atom. The zero-order valence-electron chi connectivity index (χ0n) is 15.3. The Bertz CT molecular complexity index is 918. The van der Waals surface area contributed by atoms with Crippen LogP contribution in [0.1, 0.15) is 18.9 Å². The Balaban J connectivity index is 1.50. The van der Waals surface area contributed by atoms with E-state index in [1.807, 2.05) is 48.5 Å². The first-order chi connectivity index (χ1) is 13.0. The fourth-order valence-corrected chi connectivity index (χ4v) is 2.70. The topological polar surface area (TPSA) is 96.1 Å². The number of carbonyl (C=O) groups is 2. The number of carbonyl (C=O) groups excluding carboxylic acids is 2. The van der Waals surface area contributed by atoms with Gasteiger partial charge in [-0.2, -0.15) is 0 Å². The molecule has 3 rings (SSSR count). The smallest absolute Gasteiger partial charge is 0.248 e. The van der Waals surface area contributed by atoms with Gasteiger partial charge in [-0.25, -0.2) is 4.98 Å². The van der Waals surface area contributed by atoms with Gasteiger partial charge in [0, 0.05) is 6.42 Å². The van der Waals surface area contributed by atoms with Crippen LogP contribution >= 0.6 is 0 Å². The molecule has 0 fully saturated rings. The van der Waals surface area contributed by atoms with E-state index in [0.29, 0.717) is 12.4 Å². The van der Waals surface area contributed by atoms with Gasteiger partial charge in [0.1, 0.15) is 11.8 Å². The molecule has 0 saturated heterocycles. The number of hydrogen-bond acceptors (Lipinski definition) is 4. The molecule has 3 N–H and O–H groups in total. The number of aromatic amines is 1. The number of para-hydroxylation sites is 2. The van der Waals surface area contributed by atoms with Crippen LogP contribution in [0.4, 0.5) is 5.95 Å². The molecule has 0 aliphatic heterocycles. The van der Waals surface area contributed by atoms with Gasteiger partial charge in [-0.3, -0.25) is 14.9 Å². The summed E-state index contributed by atoms with van der Waals surface area (Å²) in [4.78, 5) is 31.7. The molecule has 0 spiro atoms. The van der Waals surface area contributed by atoms with Gasteiger partial charge >= 0.3 is 0 Å². The van der Waals surface area contributed by atoms with Crippen LogP contribution in [0.5, 0.6) is 5.75 Å². The molecule has 0 aliphatic carbocycles. The summed E-state index contributed by atoms with van der Waals surface area (Å²) in [5, 5.41) is 5.40. The summed E-state index contributed by atoms with van der Waals surface area (Å²) >= 11 is 0. The van der Waals surface area contributed by atoms with Crippen LogP contribution in [-0.4, -0.2) is 34.9 Å². The van der Waals surface area contributed by atoms with E-state index in [1.54, 1.807) is 14.0 Å². The molecular weight excluding hydrogens is 344 g/mol. The molecule has 1 aromatic heterocycles. The molecule has 0 aliphatic rings. The summed E-state index contributed by atoms with van der Waals surface area (Å²) in [6.07, 6.45) is 0.858. The second kappa shape index (κ2) is 8.35. The minimum absolute atomic E-state index is 0.190. The monoisotopic (exact) mass is 366 g/mol. The number of hydrogen-bond donors (Lipinski definition) is 3. The maximum atomic E-state index is 12.3. The predicted octanol–water partition coefficient (Wildman–Crippen LogP) is 2.65. The summed E-state index contributed by atoms with van der Waals surface area (Å²) in [5.74, 6) is 0.596. The number of imidazole rings is 1. The lowest BCUT2D eigenvalue weighted by Crippen LogP contribution is -2.41. The molecule has 27 heavy (non-hydrogen) atoms. The van der Waals surface area contributed by atoms with Crippen LogP contribution in [0, 0.1) is 0 Å². The second-order valence-electron chi connectivity index (χ2n) is 6.23. The number of anilines is 1. The Labute approximate surface area is 157 Å². The Morgan fingerprint density at radius 1 is 1.19 bits per heavy atom. The average Bonchev–Trinajstić information content (AvgIpc) is 3.08. The third-order valence-corrected chi connectivity index (χ3v) is 4.18. The predicted molar refractivity (Wildman–Crippen MR) is 104 cm³/mol. The lowest BCUT2D eigenvalue weighted by atomic mass is 10.1. The van der Waals surface area contributed by atoms with Gasteiger partial charge < -0.3 is 15.0 Å². The number of ether oxygens (including phenoxy) is 1. The number of amides is 2. The molecule has 2 aromatic carbocycles. The van der Waals surface area contributed by atoms with E-state index < -0.39 is 6.04 Å². The highest BCUT2D eigenvalue weighted by atomic mass is 16.5. The van der Waals surface area contributed by atoms with Crippen LogP contribution < -0.4 is 15.4 Å². The van der Waals surface area contributed by atoms with Crippen LogP contribution in [0.15, 0.2) is 48.5 Å². The molecule has 1 atom stereocenters. The van der Waals surface area contributed by atoms with Crippen molar-refractivity contribution in [3.63, 3.8) is 0 Å². The molecular formula is C20H22N4O3. The fourth-order valence-electron chi connectivity index (χ4n) is 2.70. The van der Waals surface area contributed by atoms with Crippen molar-refractivity contribution >= 4 is 28.8 Å². The molecule has 1 heterocycles. The summed E-state index contributed by atoms with van der Waals surface area (Å²) in [6, 6.07) is 14.4. The number of rotatable bonds is 7. The molecule has 0 saturated carbocycles. The zero-order chi connectivity index (χ0) is 19.2. The van der Waals surface area contributed by atoms with Gasteiger partial charge in [0.05, 0.1) is 18.1 Å².